The fourth-order valence-corrected chi connectivity index (χ4v) is 8.99. The number of carbonyl (C=O) groups is 3. The average molecular weight is 946 g/mol. The first-order valence-electron chi connectivity index (χ1n) is 18.9. The number of unbranched alkanes of at least 4 members (excludes halogenated alkanes) is 4. The number of fused-ring (bicyclic) bond motifs is 1. The summed E-state index contributed by atoms with van der Waals surface area (Å²) in [5.74, 6) is -1.09. The normalized spacial score (nSPS) is 21.1. The molecule has 1 aliphatic heterocycles. The molecule has 0 radical (unpaired) electrons. The topological polar surface area (TPSA) is 364 Å². The van der Waals surface area contributed by atoms with E-state index in [1.807, 2.05) is 25.2 Å². The lowest BCUT2D eigenvalue weighted by Crippen LogP contribution is -2.46. The Morgan fingerprint density at radius 2 is 1.69 bits per heavy atom. The van der Waals surface area contributed by atoms with Gasteiger partial charge in [-0.15, -0.1) is 0 Å². The lowest BCUT2D eigenvalue weighted by atomic mass is 9.87. The highest BCUT2D eigenvalue weighted by Crippen LogP contribution is 2.61. The SMILES string of the molecule is C/C=C/CCCCC/C=C/CC(=O)SCCNC(=O)CCNC(=O)[C@H](O)C(C)(C)COP(=O)(O)OP(=O)(O)OC[C@H]1O[C@@H](n2cnc3c(N)ncnc32)[C@H](O)[C@@H]1OP(=O)(O)O. The van der Waals surface area contributed by atoms with Crippen LogP contribution in [0.25, 0.3) is 11.2 Å². The molecule has 1 saturated heterocycles. The van der Waals surface area contributed by atoms with Gasteiger partial charge in [0.05, 0.1) is 19.5 Å². The van der Waals surface area contributed by atoms with E-state index in [4.69, 9.17) is 19.5 Å². The molecule has 0 spiro atoms. The number of hydrogen-bond acceptors (Lipinski definition) is 18. The summed E-state index contributed by atoms with van der Waals surface area (Å²) >= 11 is 1.09. The number of aliphatic hydroxyl groups excluding tert-OH is 2. The first-order valence-corrected chi connectivity index (χ1v) is 24.4. The van der Waals surface area contributed by atoms with E-state index in [1.54, 1.807) is 0 Å². The molecular formula is C33H54N7O17P3S. The van der Waals surface area contributed by atoms with Crippen LogP contribution in [0, 0.1) is 5.41 Å². The van der Waals surface area contributed by atoms with E-state index < -0.39 is 84.6 Å². The Kier molecular flexibility index (Phi) is 20.8. The van der Waals surface area contributed by atoms with E-state index in [2.05, 4.69) is 40.5 Å². The van der Waals surface area contributed by atoms with Gasteiger partial charge in [-0.2, -0.15) is 4.31 Å². The molecule has 2 amide bonds. The van der Waals surface area contributed by atoms with E-state index in [1.165, 1.54) is 13.8 Å². The van der Waals surface area contributed by atoms with Crippen LogP contribution in [0.5, 0.6) is 0 Å². The summed E-state index contributed by atoms with van der Waals surface area (Å²) in [7, 11) is -16.4. The minimum Gasteiger partial charge on any atom is -0.386 e. The third-order valence-corrected chi connectivity index (χ3v) is 12.7. The molecule has 0 bridgehead atoms. The van der Waals surface area contributed by atoms with E-state index in [9.17, 15) is 57.9 Å². The molecule has 3 heterocycles. The van der Waals surface area contributed by atoms with Gasteiger partial charge in [0.1, 0.15) is 36.3 Å². The molecule has 3 rings (SSSR count). The number of aliphatic hydroxyl groups is 2. The number of nitrogens with one attached hydrogen (secondary N) is 2. The number of anilines is 1. The van der Waals surface area contributed by atoms with Crippen molar-refractivity contribution in [3.63, 3.8) is 0 Å². The van der Waals surface area contributed by atoms with Crippen LogP contribution in [-0.2, 0) is 50.7 Å². The molecule has 2 aromatic heterocycles. The Morgan fingerprint density at radius 3 is 2.38 bits per heavy atom. The fraction of sp³-hybridized carbons (Fsp3) is 0.636. The first kappa shape index (κ1) is 52.4. The summed E-state index contributed by atoms with van der Waals surface area (Å²) in [5, 5.41) is 26.4. The fourth-order valence-electron chi connectivity index (χ4n) is 5.52. The number of allylic oxidation sites excluding steroid dienone is 4. The van der Waals surface area contributed by atoms with E-state index in [0.717, 1.165) is 61.1 Å². The van der Waals surface area contributed by atoms with Crippen molar-refractivity contribution in [3.8, 4) is 0 Å². The maximum Gasteiger partial charge on any atom is 0.481 e. The third-order valence-electron chi connectivity index (χ3n) is 8.69. The number of ether oxygens (including phenoxy) is 1. The zero-order valence-corrected chi connectivity index (χ0v) is 37.1. The molecule has 7 atom stereocenters. The molecule has 344 valence electrons. The Hall–Kier alpha value is -2.96. The molecule has 2 unspecified atom stereocenters. The minimum absolute atomic E-state index is 0.0309. The second kappa shape index (κ2) is 24.2. The molecule has 0 saturated carbocycles. The first-order chi connectivity index (χ1) is 28.6. The van der Waals surface area contributed by atoms with Crippen LogP contribution in [0.15, 0.2) is 37.0 Å². The van der Waals surface area contributed by atoms with Gasteiger partial charge in [0.15, 0.2) is 22.8 Å². The van der Waals surface area contributed by atoms with Gasteiger partial charge in [-0.05, 0) is 32.6 Å². The standard InChI is InChI=1S/C33H54N7O17P3S/c1-4-5-6-7-8-9-10-11-12-13-24(42)61-17-16-35-23(41)14-15-36-31(45)28(44)33(2,3)19-54-60(51,52)57-59(49,50)53-18-22-27(56-58(46,47)48)26(43)32(55-22)40-21-39-25-29(34)37-20-38-30(25)40/h4-5,11-12,20-22,26-28,32,43-44H,6-10,13-19H2,1-3H3,(H,35,41)(H,36,45)(H,49,50)(H,51,52)(H2,34,37,38)(H2,46,47,48)/b5-4+,12-11+/t22-,26-,27-,28+,32-/m1/s1. The summed E-state index contributed by atoms with van der Waals surface area (Å²) in [6.45, 7) is 2.51. The van der Waals surface area contributed by atoms with Gasteiger partial charge in [0, 0.05) is 37.1 Å². The van der Waals surface area contributed by atoms with E-state index >= 15 is 0 Å². The van der Waals surface area contributed by atoms with E-state index in [-0.39, 0.29) is 41.6 Å². The molecular weight excluding hydrogens is 891 g/mol. The van der Waals surface area contributed by atoms with Crippen LogP contribution in [0.3, 0.4) is 0 Å². The summed E-state index contributed by atoms with van der Waals surface area (Å²) in [4.78, 5) is 87.9. The second-order valence-corrected chi connectivity index (χ2v) is 19.6. The van der Waals surface area contributed by atoms with Crippen molar-refractivity contribution in [2.24, 2.45) is 5.41 Å². The summed E-state index contributed by atoms with van der Waals surface area (Å²) in [5.41, 5.74) is 4.27. The number of nitrogens with two attached hydrogens (primary N) is 1. The number of thioether (sulfide) groups is 1. The average Bonchev–Trinajstić information content (AvgIpc) is 3.73. The highest BCUT2D eigenvalue weighted by Gasteiger charge is 2.50. The number of imidazole rings is 1. The number of aromatic nitrogens is 4. The predicted molar refractivity (Wildman–Crippen MR) is 219 cm³/mol. The van der Waals surface area contributed by atoms with Gasteiger partial charge in [-0.1, -0.05) is 56.3 Å². The number of hydrogen-bond donors (Lipinski definition) is 9. The van der Waals surface area contributed by atoms with Crippen LogP contribution < -0.4 is 16.4 Å². The van der Waals surface area contributed by atoms with Crippen LogP contribution in [-0.4, -0.2) is 123 Å². The molecule has 0 aromatic carbocycles. The molecule has 24 nitrogen and oxygen atoms in total. The van der Waals surface area contributed by atoms with Crippen molar-refractivity contribution < 1.29 is 80.5 Å². The van der Waals surface area contributed by atoms with Crippen molar-refractivity contribution >= 4 is 69.1 Å². The maximum atomic E-state index is 12.7. The summed E-state index contributed by atoms with van der Waals surface area (Å²) < 4.78 is 62.2. The molecule has 1 fully saturated rings. The number of nitrogen functional groups attached to an aromatic ring is 1. The number of carbonyl (C=O) groups excluding carboxylic acids is 3. The predicted octanol–water partition coefficient (Wildman–Crippen LogP) is 2.14. The third kappa shape index (κ3) is 18.0. The summed E-state index contributed by atoms with van der Waals surface area (Å²) in [6, 6.07) is 0. The monoisotopic (exact) mass is 945 g/mol. The molecule has 0 aliphatic carbocycles. The number of rotatable bonds is 27. The smallest absolute Gasteiger partial charge is 0.386 e. The zero-order chi connectivity index (χ0) is 45.4. The Morgan fingerprint density at radius 1 is 1.00 bits per heavy atom. The van der Waals surface area contributed by atoms with Gasteiger partial charge < -0.3 is 50.9 Å². The number of nitrogens with zero attached hydrogens (tertiary/aromatic N) is 4. The highest BCUT2D eigenvalue weighted by molar-refractivity contribution is 8.13. The highest BCUT2D eigenvalue weighted by atomic mass is 32.2. The van der Waals surface area contributed by atoms with Crippen LogP contribution in [0.2, 0.25) is 0 Å². The van der Waals surface area contributed by atoms with Gasteiger partial charge in [-0.3, -0.25) is 32.5 Å². The Balaban J connectivity index is 1.40. The van der Waals surface area contributed by atoms with Crippen molar-refractivity contribution in [3.05, 3.63) is 37.0 Å². The number of phosphoric acid groups is 3. The largest absolute Gasteiger partial charge is 0.481 e. The number of amides is 2. The lowest BCUT2D eigenvalue weighted by Gasteiger charge is -2.30. The Labute approximate surface area is 355 Å². The van der Waals surface area contributed by atoms with Crippen LogP contribution >= 0.6 is 35.2 Å². The van der Waals surface area contributed by atoms with Crippen molar-refractivity contribution in [1.82, 2.24) is 30.2 Å². The minimum atomic E-state index is -5.57. The van der Waals surface area contributed by atoms with Gasteiger partial charge in [0.25, 0.3) is 0 Å². The van der Waals surface area contributed by atoms with Crippen molar-refractivity contribution in [2.75, 3.05) is 37.8 Å². The quantitative estimate of drug-likeness (QED) is 0.0352. The van der Waals surface area contributed by atoms with Gasteiger partial charge in [0.2, 0.25) is 11.8 Å². The van der Waals surface area contributed by atoms with Crippen molar-refractivity contribution in [2.45, 2.75) is 96.4 Å². The molecule has 1 aliphatic rings. The maximum absolute atomic E-state index is 12.7. The number of phosphoric ester groups is 3. The molecule has 61 heavy (non-hydrogen) atoms. The Bertz CT molecular complexity index is 1980. The van der Waals surface area contributed by atoms with Gasteiger partial charge >= 0.3 is 23.5 Å². The second-order valence-electron chi connectivity index (χ2n) is 14.2. The van der Waals surface area contributed by atoms with Crippen LogP contribution in [0.4, 0.5) is 5.82 Å². The zero-order valence-electron chi connectivity index (χ0n) is 33.6. The van der Waals surface area contributed by atoms with Crippen molar-refractivity contribution in [1.29, 1.82) is 0 Å². The molecule has 28 heteroatoms. The van der Waals surface area contributed by atoms with Crippen LogP contribution in [0.1, 0.15) is 71.9 Å². The molecule has 10 N–H and O–H groups in total. The van der Waals surface area contributed by atoms with Gasteiger partial charge in [-0.25, -0.2) is 28.6 Å². The summed E-state index contributed by atoms with van der Waals surface area (Å²) in [6.07, 6.45) is 6.70. The molecule has 2 aromatic rings. The van der Waals surface area contributed by atoms with E-state index in [0.29, 0.717) is 12.2 Å². The lowest BCUT2D eigenvalue weighted by molar-refractivity contribution is -0.137.